The van der Waals surface area contributed by atoms with Crippen LogP contribution in [0.25, 0.3) is 0 Å². The zero-order chi connectivity index (χ0) is 9.84. The molecule has 0 radical (unpaired) electrons. The Kier molecular flexibility index (Phi) is 3.27. The van der Waals surface area contributed by atoms with Crippen molar-refractivity contribution < 1.29 is 4.39 Å². The third-order valence-electron chi connectivity index (χ3n) is 1.80. The Balaban J connectivity index is 3.09. The maximum atomic E-state index is 13.1. The highest BCUT2D eigenvalue weighted by Gasteiger charge is 2.13. The van der Waals surface area contributed by atoms with E-state index in [1.54, 1.807) is 6.08 Å². The normalized spacial score (nSPS) is 22.3. The Morgan fingerprint density at radius 2 is 2.46 bits per heavy atom. The molecular weight excluding hydrogens is 189 g/mol. The minimum atomic E-state index is -0.503. The van der Waals surface area contributed by atoms with Gasteiger partial charge < -0.3 is 0 Å². The van der Waals surface area contributed by atoms with Crippen LogP contribution in [0.3, 0.4) is 0 Å². The molecule has 1 nitrogen and oxygen atoms in total. The molecular formula is C10H9ClFN. The molecule has 1 heterocycles. The largest absolute Gasteiger partial charge is 0.228 e. The molecule has 0 fully saturated rings. The van der Waals surface area contributed by atoms with Crippen LogP contribution in [0, 0.1) is 18.3 Å². The Morgan fingerprint density at radius 3 is 3.00 bits per heavy atom. The van der Waals surface area contributed by atoms with Crippen LogP contribution in [0.4, 0.5) is 4.39 Å². The number of terminal acetylenes is 1. The molecule has 0 amide bonds. The minimum absolute atomic E-state index is 0.0294. The van der Waals surface area contributed by atoms with Crippen molar-refractivity contribution in [1.29, 1.82) is 0 Å². The molecule has 0 aromatic rings. The van der Waals surface area contributed by atoms with Gasteiger partial charge in [-0.1, -0.05) is 24.6 Å². The number of rotatable bonds is 1. The fourth-order valence-electron chi connectivity index (χ4n) is 1.01. The summed E-state index contributed by atoms with van der Waals surface area (Å²) in [7, 11) is 0. The van der Waals surface area contributed by atoms with Crippen LogP contribution >= 0.6 is 11.6 Å². The van der Waals surface area contributed by atoms with Crippen molar-refractivity contribution in [2.45, 2.75) is 13.3 Å². The molecule has 1 aliphatic rings. The molecule has 0 saturated carbocycles. The van der Waals surface area contributed by atoms with Crippen molar-refractivity contribution in [2.24, 2.45) is 10.9 Å². The summed E-state index contributed by atoms with van der Waals surface area (Å²) in [5.41, 5.74) is -0.0304. The summed E-state index contributed by atoms with van der Waals surface area (Å²) in [6, 6.07) is 0. The second-order valence-corrected chi connectivity index (χ2v) is 3.04. The number of hydrogen-bond donors (Lipinski definition) is 0. The van der Waals surface area contributed by atoms with Crippen molar-refractivity contribution in [3.63, 3.8) is 0 Å². The first-order valence-electron chi connectivity index (χ1n) is 3.97. The first kappa shape index (κ1) is 10.0. The van der Waals surface area contributed by atoms with Gasteiger partial charge >= 0.3 is 0 Å². The molecule has 0 saturated heterocycles. The Labute approximate surface area is 82.0 Å². The Morgan fingerprint density at radius 1 is 1.77 bits per heavy atom. The van der Waals surface area contributed by atoms with Crippen molar-refractivity contribution in [1.82, 2.24) is 0 Å². The second kappa shape index (κ2) is 4.25. The van der Waals surface area contributed by atoms with Crippen LogP contribution in [0.5, 0.6) is 0 Å². The lowest BCUT2D eigenvalue weighted by atomic mass is 10.1. The van der Waals surface area contributed by atoms with Crippen molar-refractivity contribution in [3.8, 4) is 12.3 Å². The van der Waals surface area contributed by atoms with Gasteiger partial charge in [0.1, 0.15) is 10.9 Å². The van der Waals surface area contributed by atoms with E-state index < -0.39 is 5.83 Å². The topological polar surface area (TPSA) is 12.4 Å². The maximum Gasteiger partial charge on any atom is 0.157 e. The summed E-state index contributed by atoms with van der Waals surface area (Å²) >= 11 is 5.83. The van der Waals surface area contributed by atoms with E-state index in [-0.39, 0.29) is 11.6 Å². The van der Waals surface area contributed by atoms with Crippen LogP contribution in [0.1, 0.15) is 13.3 Å². The van der Waals surface area contributed by atoms with Crippen LogP contribution in [-0.4, -0.2) is 5.17 Å². The predicted molar refractivity (Wildman–Crippen MR) is 53.2 cm³/mol. The fraction of sp³-hybridized carbons (Fsp3) is 0.300. The zero-order valence-corrected chi connectivity index (χ0v) is 7.98. The van der Waals surface area contributed by atoms with Gasteiger partial charge in [-0.05, 0) is 18.4 Å². The quantitative estimate of drug-likeness (QED) is 0.573. The summed E-state index contributed by atoms with van der Waals surface area (Å²) < 4.78 is 13.1. The number of hydrogen-bond acceptors (Lipinski definition) is 1. The average molecular weight is 198 g/mol. The molecule has 1 aliphatic heterocycles. The molecule has 3 heteroatoms. The maximum absolute atomic E-state index is 13.1. The van der Waals surface area contributed by atoms with Crippen LogP contribution in [0.2, 0.25) is 0 Å². The molecule has 1 atom stereocenters. The highest BCUT2D eigenvalue weighted by Crippen LogP contribution is 2.20. The highest BCUT2D eigenvalue weighted by atomic mass is 35.5. The van der Waals surface area contributed by atoms with Gasteiger partial charge in [0.15, 0.2) is 5.83 Å². The van der Waals surface area contributed by atoms with Gasteiger partial charge in [0.25, 0.3) is 0 Å². The Bertz CT molecular complexity index is 333. The van der Waals surface area contributed by atoms with E-state index in [1.807, 2.05) is 6.92 Å². The predicted octanol–water partition coefficient (Wildman–Crippen LogP) is 3.03. The smallest absolute Gasteiger partial charge is 0.157 e. The third-order valence-corrected chi connectivity index (χ3v) is 2.17. The van der Waals surface area contributed by atoms with Crippen molar-refractivity contribution in [3.05, 3.63) is 23.7 Å². The number of halogens is 2. The summed E-state index contributed by atoms with van der Waals surface area (Å²) in [6.07, 6.45) is 8.84. The summed E-state index contributed by atoms with van der Waals surface area (Å²) in [5.74, 6) is 1.62. The molecule has 0 aliphatic carbocycles. The molecule has 0 aromatic heterocycles. The first-order valence-corrected chi connectivity index (χ1v) is 4.35. The van der Waals surface area contributed by atoms with E-state index >= 15 is 0 Å². The molecule has 0 N–H and O–H groups in total. The molecule has 1 unspecified atom stereocenters. The van der Waals surface area contributed by atoms with E-state index in [2.05, 4.69) is 10.9 Å². The lowest BCUT2D eigenvalue weighted by Gasteiger charge is -2.04. The van der Waals surface area contributed by atoms with Gasteiger partial charge in [0.05, 0.1) is 0 Å². The SMILES string of the molecule is C#CC1=C(F)C=CC(CC)C(Cl)=N1. The van der Waals surface area contributed by atoms with Gasteiger partial charge in [-0.2, -0.15) is 0 Å². The number of nitrogens with zero attached hydrogens (tertiary/aromatic N) is 1. The van der Waals surface area contributed by atoms with Crippen LogP contribution < -0.4 is 0 Å². The van der Waals surface area contributed by atoms with E-state index in [9.17, 15) is 4.39 Å². The van der Waals surface area contributed by atoms with Gasteiger partial charge in [0.2, 0.25) is 0 Å². The van der Waals surface area contributed by atoms with Gasteiger partial charge in [0, 0.05) is 5.92 Å². The molecule has 0 spiro atoms. The van der Waals surface area contributed by atoms with E-state index in [0.717, 1.165) is 6.42 Å². The summed E-state index contributed by atoms with van der Waals surface area (Å²) in [5, 5.41) is 0.347. The third kappa shape index (κ3) is 2.19. The lowest BCUT2D eigenvalue weighted by molar-refractivity contribution is 0.657. The van der Waals surface area contributed by atoms with Crippen molar-refractivity contribution in [2.75, 3.05) is 0 Å². The summed E-state index contributed by atoms with van der Waals surface area (Å²) in [6.45, 7) is 1.95. The fourth-order valence-corrected chi connectivity index (χ4v) is 1.32. The van der Waals surface area contributed by atoms with Crippen molar-refractivity contribution >= 4 is 16.8 Å². The first-order chi connectivity index (χ1) is 6.19. The molecule has 13 heavy (non-hydrogen) atoms. The van der Waals surface area contributed by atoms with Gasteiger partial charge in [-0.25, -0.2) is 9.38 Å². The standard InChI is InChI=1S/C10H9ClFN/c1-3-7-5-6-8(12)9(4-2)13-10(7)11/h2,5-7H,3H2,1H3. The van der Waals surface area contributed by atoms with Gasteiger partial charge in [-0.3, -0.25) is 0 Å². The molecule has 0 aromatic carbocycles. The van der Waals surface area contributed by atoms with E-state index in [1.165, 1.54) is 6.08 Å². The number of aliphatic imine (C=N–C) groups is 1. The van der Waals surface area contributed by atoms with Crippen LogP contribution in [0.15, 0.2) is 28.7 Å². The summed E-state index contributed by atoms with van der Waals surface area (Å²) in [4.78, 5) is 3.82. The van der Waals surface area contributed by atoms with E-state index in [0.29, 0.717) is 5.17 Å². The molecule has 1 rings (SSSR count). The zero-order valence-electron chi connectivity index (χ0n) is 7.22. The van der Waals surface area contributed by atoms with Gasteiger partial charge in [-0.15, -0.1) is 6.42 Å². The molecule has 0 bridgehead atoms. The lowest BCUT2D eigenvalue weighted by Crippen LogP contribution is -2.03. The minimum Gasteiger partial charge on any atom is -0.228 e. The average Bonchev–Trinajstić information content (AvgIpc) is 2.26. The molecule has 68 valence electrons. The second-order valence-electron chi connectivity index (χ2n) is 2.65. The highest BCUT2D eigenvalue weighted by molar-refractivity contribution is 6.66. The Hall–Kier alpha value is -1.07. The van der Waals surface area contributed by atoms with Crippen LogP contribution in [-0.2, 0) is 0 Å². The monoisotopic (exact) mass is 197 g/mol. The number of allylic oxidation sites excluding steroid dienone is 4. The van der Waals surface area contributed by atoms with E-state index in [4.69, 9.17) is 18.0 Å².